The fourth-order valence-electron chi connectivity index (χ4n) is 4.72. The van der Waals surface area contributed by atoms with Gasteiger partial charge in [0.1, 0.15) is 5.75 Å². The minimum Gasteiger partial charge on any atom is -0.479 e. The van der Waals surface area contributed by atoms with E-state index in [1.165, 1.54) is 34.1 Å². The van der Waals surface area contributed by atoms with Crippen LogP contribution in [-0.2, 0) is 26.0 Å². The van der Waals surface area contributed by atoms with Crippen LogP contribution in [0.2, 0.25) is 0 Å². The lowest BCUT2D eigenvalue weighted by Gasteiger charge is -2.33. The maximum Gasteiger partial charge on any atom is 0.267 e. The average Bonchev–Trinajstić information content (AvgIpc) is 2.96. The Morgan fingerprint density at radius 2 is 1.72 bits per heavy atom. The highest BCUT2D eigenvalue weighted by Gasteiger charge is 2.31. The van der Waals surface area contributed by atoms with E-state index < -0.39 is 22.0 Å². The fourth-order valence-corrected chi connectivity index (χ4v) is 6.13. The zero-order chi connectivity index (χ0) is 27.4. The number of benzene rings is 3. The number of fused-ring (bicyclic) bond motifs is 1. The molecule has 5 rings (SSSR count). The van der Waals surface area contributed by atoms with E-state index >= 15 is 0 Å². The first kappa shape index (κ1) is 26.9. The van der Waals surface area contributed by atoms with Gasteiger partial charge in [0.2, 0.25) is 10.0 Å². The Morgan fingerprint density at radius 3 is 2.44 bits per heavy atom. The molecule has 1 fully saturated rings. The Balaban J connectivity index is 1.28. The number of amides is 2. The van der Waals surface area contributed by atoms with E-state index in [0.29, 0.717) is 55.5 Å². The van der Waals surface area contributed by atoms with Crippen molar-refractivity contribution in [3.63, 3.8) is 0 Å². The molecule has 204 valence electrons. The molecule has 0 bridgehead atoms. The number of nitrogens with one attached hydrogen (secondary N) is 1. The lowest BCUT2D eigenvalue weighted by atomic mass is 10.1. The van der Waals surface area contributed by atoms with Crippen molar-refractivity contribution in [3.8, 4) is 5.75 Å². The van der Waals surface area contributed by atoms with Crippen LogP contribution < -0.4 is 15.0 Å². The first-order valence-electron chi connectivity index (χ1n) is 13.0. The van der Waals surface area contributed by atoms with Crippen molar-refractivity contribution >= 4 is 33.2 Å². The van der Waals surface area contributed by atoms with Gasteiger partial charge in [-0.25, -0.2) is 8.42 Å². The van der Waals surface area contributed by atoms with Gasteiger partial charge in [-0.05, 0) is 67.8 Å². The maximum absolute atomic E-state index is 13.0. The van der Waals surface area contributed by atoms with Gasteiger partial charge in [-0.3, -0.25) is 9.59 Å². The Morgan fingerprint density at radius 1 is 1.00 bits per heavy atom. The third-order valence-electron chi connectivity index (χ3n) is 6.84. The van der Waals surface area contributed by atoms with E-state index in [4.69, 9.17) is 9.47 Å². The first-order valence-corrected chi connectivity index (χ1v) is 14.4. The molecule has 1 N–H and O–H groups in total. The smallest absolute Gasteiger partial charge is 0.267 e. The van der Waals surface area contributed by atoms with Gasteiger partial charge >= 0.3 is 0 Å². The molecule has 2 heterocycles. The van der Waals surface area contributed by atoms with Crippen LogP contribution in [0.5, 0.6) is 5.75 Å². The van der Waals surface area contributed by atoms with E-state index in [9.17, 15) is 18.0 Å². The topological polar surface area (TPSA) is 105 Å². The first-order chi connectivity index (χ1) is 18.8. The van der Waals surface area contributed by atoms with Gasteiger partial charge in [0, 0.05) is 30.9 Å². The number of carbonyl (C=O) groups is 2. The summed E-state index contributed by atoms with van der Waals surface area (Å²) in [4.78, 5) is 27.8. The Kier molecular flexibility index (Phi) is 7.97. The predicted molar refractivity (Wildman–Crippen MR) is 148 cm³/mol. The largest absolute Gasteiger partial charge is 0.479 e. The molecule has 1 atom stereocenters. The van der Waals surface area contributed by atoms with Gasteiger partial charge in [0.15, 0.2) is 6.10 Å². The molecule has 0 aliphatic carbocycles. The van der Waals surface area contributed by atoms with E-state index in [1.54, 1.807) is 30.0 Å². The zero-order valence-corrected chi connectivity index (χ0v) is 22.5. The number of hydrogen-bond acceptors (Lipinski definition) is 6. The summed E-state index contributed by atoms with van der Waals surface area (Å²) in [5, 5.41) is 2.85. The summed E-state index contributed by atoms with van der Waals surface area (Å²) < 4.78 is 38.1. The second kappa shape index (κ2) is 11.6. The second-order valence-electron chi connectivity index (χ2n) is 9.52. The molecule has 10 heteroatoms. The molecule has 0 aromatic heterocycles. The van der Waals surface area contributed by atoms with E-state index in [2.05, 4.69) is 17.4 Å². The lowest BCUT2D eigenvalue weighted by Crippen LogP contribution is -2.45. The van der Waals surface area contributed by atoms with Gasteiger partial charge in [-0.2, -0.15) is 4.31 Å². The third kappa shape index (κ3) is 5.98. The summed E-state index contributed by atoms with van der Waals surface area (Å²) in [5.41, 5.74) is 2.63. The number of morpholine rings is 1. The number of hydrogen-bond donors (Lipinski definition) is 1. The molecule has 0 saturated carbocycles. The highest BCUT2D eigenvalue weighted by molar-refractivity contribution is 7.89. The maximum atomic E-state index is 13.0. The molecule has 9 nitrogen and oxygen atoms in total. The normalized spacial score (nSPS) is 17.8. The number of aryl methyl sites for hydroxylation is 1. The SMILES string of the molecule is CC1Oc2ccc(NC(=O)c3ccc(S(=O)(=O)N4CCOCC4)cc3)cc2N(CCCc2ccccc2)C1=O. The number of nitrogens with zero attached hydrogens (tertiary/aromatic N) is 2. The Bertz CT molecular complexity index is 1440. The van der Waals surface area contributed by atoms with Gasteiger partial charge in [-0.15, -0.1) is 0 Å². The van der Waals surface area contributed by atoms with Crippen molar-refractivity contribution in [2.75, 3.05) is 43.1 Å². The van der Waals surface area contributed by atoms with E-state index in [-0.39, 0.29) is 10.8 Å². The third-order valence-corrected chi connectivity index (χ3v) is 8.75. The van der Waals surface area contributed by atoms with Crippen LogP contribution in [0.15, 0.2) is 77.7 Å². The second-order valence-corrected chi connectivity index (χ2v) is 11.5. The summed E-state index contributed by atoms with van der Waals surface area (Å²) in [6.07, 6.45) is 1.02. The summed E-state index contributed by atoms with van der Waals surface area (Å²) in [6.45, 7) is 3.58. The molecule has 2 aliphatic heterocycles. The van der Waals surface area contributed by atoms with Crippen LogP contribution >= 0.6 is 0 Å². The van der Waals surface area contributed by atoms with Crippen molar-refractivity contribution in [1.29, 1.82) is 0 Å². The van der Waals surface area contributed by atoms with Crippen molar-refractivity contribution in [1.82, 2.24) is 4.31 Å². The molecule has 2 amide bonds. The van der Waals surface area contributed by atoms with Crippen molar-refractivity contribution < 1.29 is 27.5 Å². The number of carbonyl (C=O) groups excluding carboxylic acids is 2. The number of rotatable bonds is 8. The van der Waals surface area contributed by atoms with Gasteiger partial charge in [-0.1, -0.05) is 30.3 Å². The van der Waals surface area contributed by atoms with E-state index in [1.807, 2.05) is 18.2 Å². The summed E-state index contributed by atoms with van der Waals surface area (Å²) >= 11 is 0. The molecule has 3 aromatic rings. The minimum atomic E-state index is -3.64. The molecule has 1 saturated heterocycles. The quantitative estimate of drug-likeness (QED) is 0.459. The van der Waals surface area contributed by atoms with Crippen molar-refractivity contribution in [2.45, 2.75) is 30.8 Å². The Hall–Kier alpha value is -3.73. The van der Waals surface area contributed by atoms with Crippen LogP contribution in [0.4, 0.5) is 11.4 Å². The molecular weight excluding hydrogens is 518 g/mol. The molecule has 0 radical (unpaired) electrons. The van der Waals surface area contributed by atoms with Crippen LogP contribution in [-0.4, -0.2) is 63.5 Å². The van der Waals surface area contributed by atoms with Crippen LogP contribution in [0.25, 0.3) is 0 Å². The van der Waals surface area contributed by atoms with Crippen LogP contribution in [0.3, 0.4) is 0 Å². The van der Waals surface area contributed by atoms with Crippen LogP contribution in [0.1, 0.15) is 29.3 Å². The molecular formula is C29H31N3O6S. The Labute approximate surface area is 228 Å². The summed E-state index contributed by atoms with van der Waals surface area (Å²) in [6, 6.07) is 21.2. The molecule has 39 heavy (non-hydrogen) atoms. The van der Waals surface area contributed by atoms with Crippen molar-refractivity contribution in [2.24, 2.45) is 0 Å². The monoisotopic (exact) mass is 549 g/mol. The molecule has 2 aliphatic rings. The van der Waals surface area contributed by atoms with Gasteiger partial charge in [0.05, 0.1) is 23.8 Å². The molecule has 0 spiro atoms. The average molecular weight is 550 g/mol. The highest BCUT2D eigenvalue weighted by atomic mass is 32.2. The number of anilines is 2. The van der Waals surface area contributed by atoms with Crippen LogP contribution in [0, 0.1) is 0 Å². The zero-order valence-electron chi connectivity index (χ0n) is 21.7. The fraction of sp³-hybridized carbons (Fsp3) is 0.310. The summed E-state index contributed by atoms with van der Waals surface area (Å²) in [5.74, 6) is 0.0610. The number of ether oxygens (including phenoxy) is 2. The summed E-state index contributed by atoms with van der Waals surface area (Å²) in [7, 11) is -3.64. The van der Waals surface area contributed by atoms with E-state index in [0.717, 1.165) is 12.8 Å². The number of sulfonamides is 1. The lowest BCUT2D eigenvalue weighted by molar-refractivity contribution is -0.125. The molecule has 1 unspecified atom stereocenters. The predicted octanol–water partition coefficient (Wildman–Crippen LogP) is 3.71. The highest BCUT2D eigenvalue weighted by Crippen LogP contribution is 2.36. The van der Waals surface area contributed by atoms with Gasteiger partial charge < -0.3 is 19.7 Å². The molecule has 3 aromatic carbocycles. The standard InChI is InChI=1S/C29H31N3O6S/c1-21-29(34)32(15-5-8-22-6-3-2-4-7-22)26-20-24(11-14-27(26)38-21)30-28(33)23-9-12-25(13-10-23)39(35,36)31-16-18-37-19-17-31/h2-4,6-7,9-14,20-21H,5,8,15-19H2,1H3,(H,30,33). The van der Waals surface area contributed by atoms with Gasteiger partial charge in [0.25, 0.3) is 11.8 Å². The minimum absolute atomic E-state index is 0.129. The van der Waals surface area contributed by atoms with Crippen molar-refractivity contribution in [3.05, 3.63) is 83.9 Å².